The van der Waals surface area contributed by atoms with Crippen LogP contribution in [-0.4, -0.2) is 17.0 Å². The van der Waals surface area contributed by atoms with E-state index in [4.69, 9.17) is 14.3 Å². The second kappa shape index (κ2) is 6.37. The first-order valence-electron chi connectivity index (χ1n) is 6.94. The van der Waals surface area contributed by atoms with E-state index in [2.05, 4.69) is 0 Å². The van der Waals surface area contributed by atoms with E-state index in [0.29, 0.717) is 22.5 Å². The Labute approximate surface area is 131 Å². The zero-order valence-corrected chi connectivity index (χ0v) is 12.1. The highest BCUT2D eigenvalue weighted by Gasteiger charge is 2.04. The summed E-state index contributed by atoms with van der Waals surface area (Å²) in [5.74, 6) is 1.02. The molecule has 1 heterocycles. The molecule has 0 spiro atoms. The maximum Gasteiger partial charge on any atom is 0.193 e. The van der Waals surface area contributed by atoms with Gasteiger partial charge in [0.2, 0.25) is 0 Å². The molecule has 2 N–H and O–H groups in total. The molecule has 5 heteroatoms. The molecule has 0 unspecified atom stereocenters. The molecule has 0 aliphatic rings. The van der Waals surface area contributed by atoms with E-state index < -0.39 is 0 Å². The quantitative estimate of drug-likeness (QED) is 0.724. The van der Waals surface area contributed by atoms with Crippen LogP contribution in [-0.2, 0) is 0 Å². The van der Waals surface area contributed by atoms with Crippen LogP contribution in [0.2, 0.25) is 0 Å². The van der Waals surface area contributed by atoms with Gasteiger partial charge in [-0.25, -0.2) is 0 Å². The second-order valence-corrected chi connectivity index (χ2v) is 4.87. The smallest absolute Gasteiger partial charge is 0.193 e. The van der Waals surface area contributed by atoms with Gasteiger partial charge in [-0.2, -0.15) is 0 Å². The number of aliphatic hydroxyl groups is 1. The number of fused-ring (bicyclic) bond motifs is 1. The van der Waals surface area contributed by atoms with E-state index >= 15 is 0 Å². The largest absolute Gasteiger partial charge is 0.508 e. The highest BCUT2D eigenvalue weighted by Crippen LogP contribution is 2.19. The highest BCUT2D eigenvalue weighted by molar-refractivity contribution is 5.79. The fourth-order valence-corrected chi connectivity index (χ4v) is 2.17. The molecule has 5 nitrogen and oxygen atoms in total. The van der Waals surface area contributed by atoms with E-state index in [1.54, 1.807) is 30.4 Å². The van der Waals surface area contributed by atoms with Crippen LogP contribution >= 0.6 is 0 Å². The van der Waals surface area contributed by atoms with Crippen molar-refractivity contribution in [3.05, 3.63) is 70.1 Å². The zero-order valence-electron chi connectivity index (χ0n) is 12.1. The molecule has 1 aromatic heterocycles. The fourth-order valence-electron chi connectivity index (χ4n) is 2.17. The van der Waals surface area contributed by atoms with Crippen LogP contribution in [0.25, 0.3) is 23.1 Å². The van der Waals surface area contributed by atoms with Crippen LogP contribution in [0.5, 0.6) is 11.5 Å². The molecule has 0 atom stereocenters. The minimum absolute atomic E-state index is 0.0262. The Kier molecular flexibility index (Phi) is 4.12. The number of rotatable bonds is 4. The Balaban J connectivity index is 1.88. The van der Waals surface area contributed by atoms with Crippen LogP contribution in [0.1, 0.15) is 11.3 Å². The number of ether oxygens (including phenoxy) is 1. The van der Waals surface area contributed by atoms with Crippen molar-refractivity contribution in [1.29, 1.82) is 0 Å². The first-order valence-corrected chi connectivity index (χ1v) is 6.94. The van der Waals surface area contributed by atoms with E-state index in [1.165, 1.54) is 18.2 Å². The van der Waals surface area contributed by atoms with Crippen molar-refractivity contribution in [2.24, 2.45) is 0 Å². The molecule has 0 bridgehead atoms. The number of benzene rings is 2. The lowest BCUT2D eigenvalue weighted by Gasteiger charge is -2.02. The second-order valence-electron chi connectivity index (χ2n) is 4.87. The summed E-state index contributed by atoms with van der Waals surface area (Å²) in [6.07, 6.45) is 3.49. The van der Waals surface area contributed by atoms with Crippen molar-refractivity contribution < 1.29 is 19.4 Å². The molecule has 116 valence electrons. The lowest BCUT2D eigenvalue weighted by molar-refractivity contribution is 0.0985. The van der Waals surface area contributed by atoms with Crippen molar-refractivity contribution in [2.75, 3.05) is 6.79 Å². The Morgan fingerprint density at radius 1 is 1.04 bits per heavy atom. The summed E-state index contributed by atoms with van der Waals surface area (Å²) in [5, 5.41) is 18.4. The van der Waals surface area contributed by atoms with Gasteiger partial charge in [0.15, 0.2) is 12.2 Å². The zero-order chi connectivity index (χ0) is 16.2. The topological polar surface area (TPSA) is 79.9 Å². The van der Waals surface area contributed by atoms with Crippen molar-refractivity contribution in [1.82, 2.24) is 0 Å². The number of phenolic OH excluding ortho intramolecular Hbond substituents is 1. The minimum Gasteiger partial charge on any atom is -0.508 e. The third-order valence-corrected chi connectivity index (χ3v) is 3.28. The number of hydrogen-bond acceptors (Lipinski definition) is 5. The van der Waals surface area contributed by atoms with Crippen LogP contribution in [0, 0.1) is 0 Å². The minimum atomic E-state index is -0.368. The normalized spacial score (nSPS) is 11.2. The summed E-state index contributed by atoms with van der Waals surface area (Å²) in [6.45, 7) is -0.368. The van der Waals surface area contributed by atoms with Gasteiger partial charge >= 0.3 is 0 Å². The van der Waals surface area contributed by atoms with Crippen molar-refractivity contribution in [3.63, 3.8) is 0 Å². The predicted molar refractivity (Wildman–Crippen MR) is 87.2 cm³/mol. The molecule has 0 radical (unpaired) electrons. The monoisotopic (exact) mass is 310 g/mol. The van der Waals surface area contributed by atoms with E-state index in [-0.39, 0.29) is 18.0 Å². The summed E-state index contributed by atoms with van der Waals surface area (Å²) < 4.78 is 10.6. The molecule has 0 fully saturated rings. The molecule has 0 amide bonds. The molecule has 2 aromatic carbocycles. The van der Waals surface area contributed by atoms with Crippen molar-refractivity contribution in [2.45, 2.75) is 0 Å². The Morgan fingerprint density at radius 3 is 2.57 bits per heavy atom. The van der Waals surface area contributed by atoms with Crippen LogP contribution in [0.4, 0.5) is 0 Å². The molecular weight excluding hydrogens is 296 g/mol. The van der Waals surface area contributed by atoms with Gasteiger partial charge in [0.1, 0.15) is 22.8 Å². The summed E-state index contributed by atoms with van der Waals surface area (Å²) in [6, 6.07) is 12.9. The van der Waals surface area contributed by atoms with Crippen LogP contribution in [0.15, 0.2) is 57.7 Å². The average Bonchev–Trinajstić information content (AvgIpc) is 2.55. The summed E-state index contributed by atoms with van der Waals surface area (Å²) in [4.78, 5) is 12.0. The van der Waals surface area contributed by atoms with Crippen LogP contribution in [0.3, 0.4) is 0 Å². The SMILES string of the molecule is O=c1cc(/C=C/c2ccc(OCO)cc2)oc2ccc(O)cc12. The lowest BCUT2D eigenvalue weighted by atomic mass is 10.1. The summed E-state index contributed by atoms with van der Waals surface area (Å²) >= 11 is 0. The van der Waals surface area contributed by atoms with E-state index in [0.717, 1.165) is 5.56 Å². The van der Waals surface area contributed by atoms with Gasteiger partial charge in [0.25, 0.3) is 0 Å². The molecule has 23 heavy (non-hydrogen) atoms. The number of aliphatic hydroxyl groups excluding tert-OH is 1. The molecule has 3 aromatic rings. The molecule has 0 saturated carbocycles. The Bertz CT molecular complexity index is 907. The van der Waals surface area contributed by atoms with Crippen LogP contribution < -0.4 is 10.2 Å². The highest BCUT2D eigenvalue weighted by atomic mass is 16.6. The van der Waals surface area contributed by atoms with Crippen molar-refractivity contribution in [3.8, 4) is 11.5 Å². The third-order valence-electron chi connectivity index (χ3n) is 3.28. The first kappa shape index (κ1) is 14.9. The Morgan fingerprint density at radius 2 is 1.83 bits per heavy atom. The molecular formula is C18H14O5. The molecule has 0 saturated heterocycles. The average molecular weight is 310 g/mol. The van der Waals surface area contributed by atoms with Gasteiger partial charge in [-0.15, -0.1) is 0 Å². The predicted octanol–water partition coefficient (Wildman–Crippen LogP) is 3.00. The lowest BCUT2D eigenvalue weighted by Crippen LogP contribution is -1.99. The van der Waals surface area contributed by atoms with Gasteiger partial charge in [0, 0.05) is 6.07 Å². The molecule has 0 aliphatic carbocycles. The maximum atomic E-state index is 12.0. The van der Waals surface area contributed by atoms with E-state index in [1.807, 2.05) is 12.1 Å². The number of phenols is 1. The van der Waals surface area contributed by atoms with Gasteiger partial charge in [-0.05, 0) is 42.0 Å². The van der Waals surface area contributed by atoms with Gasteiger partial charge in [0.05, 0.1) is 5.39 Å². The van der Waals surface area contributed by atoms with Gasteiger partial charge < -0.3 is 19.4 Å². The Hall–Kier alpha value is -3.05. The number of aromatic hydroxyl groups is 1. The number of hydrogen-bond donors (Lipinski definition) is 2. The van der Waals surface area contributed by atoms with Gasteiger partial charge in [-0.1, -0.05) is 18.2 Å². The fraction of sp³-hybridized carbons (Fsp3) is 0.0556. The summed E-state index contributed by atoms with van der Waals surface area (Å²) in [5.41, 5.74) is 1.10. The summed E-state index contributed by atoms with van der Waals surface area (Å²) in [7, 11) is 0. The van der Waals surface area contributed by atoms with Gasteiger partial charge in [-0.3, -0.25) is 4.79 Å². The van der Waals surface area contributed by atoms with E-state index in [9.17, 15) is 9.90 Å². The third kappa shape index (κ3) is 3.41. The molecule has 0 aliphatic heterocycles. The standard InChI is InChI=1S/C18H14O5/c19-11-22-14-5-1-12(2-6-14)3-7-15-10-17(21)16-9-13(20)4-8-18(16)23-15/h1-10,19-20H,11H2/b7-3+. The van der Waals surface area contributed by atoms with Crippen molar-refractivity contribution >= 4 is 23.1 Å². The molecule has 3 rings (SSSR count). The first-order chi connectivity index (χ1) is 11.2. The maximum absolute atomic E-state index is 12.0.